The topological polar surface area (TPSA) is 70.6 Å². The van der Waals surface area contributed by atoms with E-state index in [2.05, 4.69) is 5.32 Å². The van der Waals surface area contributed by atoms with Crippen molar-refractivity contribution in [3.05, 3.63) is 60.3 Å². The van der Waals surface area contributed by atoms with Gasteiger partial charge in [-0.1, -0.05) is 30.3 Å². The lowest BCUT2D eigenvalue weighted by atomic mass is 10.1. The smallest absolute Gasteiger partial charge is 0.162 e. The van der Waals surface area contributed by atoms with E-state index in [0.717, 1.165) is 0 Å². The minimum absolute atomic E-state index is 0.0652. The third-order valence-corrected chi connectivity index (χ3v) is 3.07. The van der Waals surface area contributed by atoms with Gasteiger partial charge in [0.25, 0.3) is 0 Å². The Labute approximate surface area is 128 Å². The minimum atomic E-state index is -1.25. The molecule has 2 aromatic carbocycles. The highest BCUT2D eigenvalue weighted by Crippen LogP contribution is 2.30. The molecule has 22 heavy (non-hydrogen) atoms. The Kier molecular flexibility index (Phi) is 5.03. The molecule has 0 aromatic heterocycles. The van der Waals surface area contributed by atoms with Gasteiger partial charge in [-0.25, -0.2) is 0 Å². The fourth-order valence-electron chi connectivity index (χ4n) is 1.96. The lowest BCUT2D eigenvalue weighted by Crippen LogP contribution is -2.24. The van der Waals surface area contributed by atoms with Crippen molar-refractivity contribution in [2.24, 2.45) is 0 Å². The van der Waals surface area contributed by atoms with Crippen LogP contribution < -0.4 is 19.9 Å². The van der Waals surface area contributed by atoms with E-state index in [4.69, 9.17) is 9.47 Å². The van der Waals surface area contributed by atoms with Crippen LogP contribution in [0.2, 0.25) is 0 Å². The summed E-state index contributed by atoms with van der Waals surface area (Å²) in [5, 5.41) is 14.2. The number of ether oxygens (including phenoxy) is 2. The van der Waals surface area contributed by atoms with Crippen molar-refractivity contribution in [2.75, 3.05) is 19.5 Å². The van der Waals surface area contributed by atoms with Gasteiger partial charge in [-0.05, 0) is 17.7 Å². The van der Waals surface area contributed by atoms with E-state index < -0.39 is 5.97 Å². The number of nitrogens with one attached hydrogen (secondary N) is 1. The monoisotopic (exact) mass is 298 g/mol. The largest absolute Gasteiger partial charge is 0.545 e. The minimum Gasteiger partial charge on any atom is -0.545 e. The number of hydrogen-bond acceptors (Lipinski definition) is 5. The van der Waals surface area contributed by atoms with Gasteiger partial charge >= 0.3 is 0 Å². The number of benzene rings is 2. The molecule has 1 N–H and O–H groups in total. The molecule has 0 bridgehead atoms. The molecule has 0 radical (unpaired) electrons. The lowest BCUT2D eigenvalue weighted by molar-refractivity contribution is -0.295. The van der Waals surface area contributed by atoms with Crippen molar-refractivity contribution in [3.63, 3.8) is 0 Å². The molecule has 2 rings (SSSR count). The van der Waals surface area contributed by atoms with Crippen LogP contribution in [0.5, 0.6) is 11.5 Å². The summed E-state index contributed by atoms with van der Waals surface area (Å²) in [5.41, 5.74) is 1.30. The molecule has 0 unspecified atom stereocenters. The van der Waals surface area contributed by atoms with Gasteiger partial charge in [0, 0.05) is 23.5 Å². The molecule has 0 aliphatic carbocycles. The van der Waals surface area contributed by atoms with E-state index in [9.17, 15) is 9.90 Å². The average molecular weight is 298 g/mol. The molecule has 0 aliphatic rings. The number of anilines is 1. The first-order valence-electron chi connectivity index (χ1n) is 6.61. The van der Waals surface area contributed by atoms with Crippen molar-refractivity contribution >= 4 is 17.2 Å². The van der Waals surface area contributed by atoms with E-state index in [-0.39, 0.29) is 5.57 Å². The summed E-state index contributed by atoms with van der Waals surface area (Å²) >= 11 is 0. The molecule has 0 fully saturated rings. The molecule has 0 saturated carbocycles. The summed E-state index contributed by atoms with van der Waals surface area (Å²) in [7, 11) is 3.09. The molecular weight excluding hydrogens is 282 g/mol. The third kappa shape index (κ3) is 3.58. The number of carbonyl (C=O) groups is 1. The summed E-state index contributed by atoms with van der Waals surface area (Å²) in [6.07, 6.45) is 1.39. The first-order valence-corrected chi connectivity index (χ1v) is 6.61. The molecule has 5 heteroatoms. The Bertz CT molecular complexity index is 680. The first kappa shape index (κ1) is 15.4. The lowest BCUT2D eigenvalue weighted by Gasteiger charge is -2.12. The van der Waals surface area contributed by atoms with E-state index >= 15 is 0 Å². The maximum atomic E-state index is 11.3. The highest BCUT2D eigenvalue weighted by molar-refractivity contribution is 6.14. The SMILES string of the molecule is COc1ccc(N/C=C(\C(=O)[O-])c2ccccc2)cc1OC. The zero-order chi connectivity index (χ0) is 15.9. The Balaban J connectivity index is 2.27. The van der Waals surface area contributed by atoms with Crippen LogP contribution in [-0.4, -0.2) is 20.2 Å². The normalized spacial score (nSPS) is 10.9. The predicted molar refractivity (Wildman–Crippen MR) is 82.6 cm³/mol. The number of carbonyl (C=O) groups excluding carboxylic acids is 1. The van der Waals surface area contributed by atoms with Gasteiger partial charge in [0.05, 0.1) is 20.2 Å². The fraction of sp³-hybridized carbons (Fsp3) is 0.118. The predicted octanol–water partition coefficient (Wildman–Crippen LogP) is 1.91. The second-order valence-electron chi connectivity index (χ2n) is 4.43. The number of aliphatic carboxylic acids is 1. The van der Waals surface area contributed by atoms with E-state index in [0.29, 0.717) is 22.7 Å². The molecule has 0 amide bonds. The summed E-state index contributed by atoms with van der Waals surface area (Å²) < 4.78 is 10.4. The van der Waals surface area contributed by atoms with Crippen molar-refractivity contribution in [2.45, 2.75) is 0 Å². The molecule has 0 atom stereocenters. The van der Waals surface area contributed by atoms with Crippen LogP contribution in [0.4, 0.5) is 5.69 Å². The van der Waals surface area contributed by atoms with Crippen molar-refractivity contribution < 1.29 is 19.4 Å². The second kappa shape index (κ2) is 7.17. The Morgan fingerprint density at radius 1 is 1.05 bits per heavy atom. The Morgan fingerprint density at radius 2 is 1.73 bits per heavy atom. The summed E-state index contributed by atoms with van der Waals surface area (Å²) in [6, 6.07) is 14.0. The van der Waals surface area contributed by atoms with Crippen LogP contribution in [0, 0.1) is 0 Å². The molecule has 114 valence electrons. The quantitative estimate of drug-likeness (QED) is 0.825. The maximum absolute atomic E-state index is 11.3. The van der Waals surface area contributed by atoms with Crippen LogP contribution in [0.3, 0.4) is 0 Å². The zero-order valence-electron chi connectivity index (χ0n) is 12.3. The van der Waals surface area contributed by atoms with Crippen molar-refractivity contribution in [1.29, 1.82) is 0 Å². The Morgan fingerprint density at radius 3 is 2.32 bits per heavy atom. The van der Waals surface area contributed by atoms with Crippen molar-refractivity contribution in [3.8, 4) is 11.5 Å². The van der Waals surface area contributed by atoms with Gasteiger partial charge in [0.15, 0.2) is 11.5 Å². The first-order chi connectivity index (χ1) is 10.7. The fourth-order valence-corrected chi connectivity index (χ4v) is 1.96. The van der Waals surface area contributed by atoms with Crippen LogP contribution in [0.25, 0.3) is 5.57 Å². The van der Waals surface area contributed by atoms with Gasteiger partial charge in [-0.15, -0.1) is 0 Å². The number of carboxylic acids is 1. The number of rotatable bonds is 6. The van der Waals surface area contributed by atoms with Crippen LogP contribution >= 0.6 is 0 Å². The van der Waals surface area contributed by atoms with E-state index in [1.165, 1.54) is 13.3 Å². The summed E-state index contributed by atoms with van der Waals surface area (Å²) in [4.78, 5) is 11.3. The molecule has 0 heterocycles. The third-order valence-electron chi connectivity index (χ3n) is 3.07. The van der Waals surface area contributed by atoms with Crippen LogP contribution in [-0.2, 0) is 4.79 Å². The maximum Gasteiger partial charge on any atom is 0.162 e. The zero-order valence-corrected chi connectivity index (χ0v) is 12.3. The van der Waals surface area contributed by atoms with Gasteiger partial charge < -0.3 is 24.7 Å². The summed E-state index contributed by atoms with van der Waals surface area (Å²) in [6.45, 7) is 0. The van der Waals surface area contributed by atoms with E-state index in [1.807, 2.05) is 6.07 Å². The van der Waals surface area contributed by atoms with Gasteiger partial charge in [-0.2, -0.15) is 0 Å². The molecular formula is C17H16NO4-. The van der Waals surface area contributed by atoms with E-state index in [1.54, 1.807) is 49.6 Å². The van der Waals surface area contributed by atoms with Crippen LogP contribution in [0.15, 0.2) is 54.7 Å². The van der Waals surface area contributed by atoms with Gasteiger partial charge in [-0.3, -0.25) is 0 Å². The molecule has 0 saturated heterocycles. The standard InChI is InChI=1S/C17H17NO4/c1-21-15-9-8-13(10-16(15)22-2)18-11-14(17(19)20)12-6-4-3-5-7-12/h3-11,18H,1-2H3,(H,19,20)/p-1/b14-11-. The molecule has 5 nitrogen and oxygen atoms in total. The second-order valence-corrected chi connectivity index (χ2v) is 4.43. The van der Waals surface area contributed by atoms with Crippen molar-refractivity contribution in [1.82, 2.24) is 0 Å². The van der Waals surface area contributed by atoms with Crippen LogP contribution in [0.1, 0.15) is 5.56 Å². The molecule has 2 aromatic rings. The van der Waals surface area contributed by atoms with Gasteiger partial charge in [0.2, 0.25) is 0 Å². The number of carboxylic acid groups (broad SMARTS) is 1. The number of hydrogen-bond donors (Lipinski definition) is 1. The Hall–Kier alpha value is -2.95. The average Bonchev–Trinajstić information content (AvgIpc) is 2.55. The number of methoxy groups -OCH3 is 2. The molecule has 0 aliphatic heterocycles. The van der Waals surface area contributed by atoms with Gasteiger partial charge in [0.1, 0.15) is 0 Å². The highest BCUT2D eigenvalue weighted by atomic mass is 16.5. The molecule has 0 spiro atoms. The highest BCUT2D eigenvalue weighted by Gasteiger charge is 2.05. The summed E-state index contributed by atoms with van der Waals surface area (Å²) in [5.74, 6) is -0.102.